The zero-order valence-electron chi connectivity index (χ0n) is 8.21. The van der Waals surface area contributed by atoms with Gasteiger partial charge in [-0.15, -0.1) is 0 Å². The zero-order valence-corrected chi connectivity index (χ0v) is 8.21. The third-order valence-corrected chi connectivity index (χ3v) is 2.26. The number of aromatic nitrogens is 4. The number of nitrogens with zero attached hydrogens (tertiary/aromatic N) is 5. The smallest absolute Gasteiger partial charge is 0.245 e. The number of anilines is 1. The van der Waals surface area contributed by atoms with Crippen molar-refractivity contribution in [3.63, 3.8) is 0 Å². The molecule has 0 bridgehead atoms. The molecular formula is C7H13N5O2. The van der Waals surface area contributed by atoms with Crippen LogP contribution < -0.4 is 4.90 Å². The SMILES string of the molecule is COCC1(O)CN(c2nnnn2C)C1. The van der Waals surface area contributed by atoms with Gasteiger partial charge in [0.25, 0.3) is 0 Å². The van der Waals surface area contributed by atoms with Crippen molar-refractivity contribution < 1.29 is 9.84 Å². The predicted octanol–water partition coefficient (Wildman–Crippen LogP) is -1.59. The number of ether oxygens (including phenoxy) is 1. The molecule has 1 saturated heterocycles. The van der Waals surface area contributed by atoms with Gasteiger partial charge >= 0.3 is 0 Å². The first-order valence-corrected chi connectivity index (χ1v) is 4.33. The fraction of sp³-hybridized carbons (Fsp3) is 0.857. The van der Waals surface area contributed by atoms with E-state index in [1.807, 2.05) is 4.90 Å². The van der Waals surface area contributed by atoms with Gasteiger partial charge in [-0.1, -0.05) is 5.10 Å². The minimum Gasteiger partial charge on any atom is -0.384 e. The molecule has 7 nitrogen and oxygen atoms in total. The Labute approximate surface area is 81.3 Å². The highest BCUT2D eigenvalue weighted by molar-refractivity contribution is 5.36. The molecule has 0 saturated carbocycles. The molecule has 0 atom stereocenters. The second kappa shape index (κ2) is 3.18. The van der Waals surface area contributed by atoms with Crippen LogP contribution >= 0.6 is 0 Å². The van der Waals surface area contributed by atoms with E-state index in [-0.39, 0.29) is 0 Å². The molecule has 0 radical (unpaired) electrons. The van der Waals surface area contributed by atoms with Crippen LogP contribution in [0.5, 0.6) is 0 Å². The fourth-order valence-corrected chi connectivity index (χ4v) is 1.66. The lowest BCUT2D eigenvalue weighted by atomic mass is 9.96. The second-order valence-corrected chi connectivity index (χ2v) is 3.62. The molecule has 2 heterocycles. The largest absolute Gasteiger partial charge is 0.384 e. The molecule has 0 unspecified atom stereocenters. The zero-order chi connectivity index (χ0) is 10.2. The summed E-state index contributed by atoms with van der Waals surface area (Å²) in [5.74, 6) is 0.672. The Bertz CT molecular complexity index is 320. The van der Waals surface area contributed by atoms with Crippen molar-refractivity contribution in [2.45, 2.75) is 5.60 Å². The molecule has 0 aliphatic carbocycles. The second-order valence-electron chi connectivity index (χ2n) is 3.62. The van der Waals surface area contributed by atoms with Gasteiger partial charge in [-0.05, 0) is 10.4 Å². The first-order chi connectivity index (χ1) is 6.64. The van der Waals surface area contributed by atoms with Gasteiger partial charge in [0, 0.05) is 14.2 Å². The Morgan fingerprint density at radius 3 is 2.79 bits per heavy atom. The van der Waals surface area contributed by atoms with Gasteiger partial charge in [-0.2, -0.15) is 0 Å². The summed E-state index contributed by atoms with van der Waals surface area (Å²) in [6.45, 7) is 1.36. The Balaban J connectivity index is 1.98. The van der Waals surface area contributed by atoms with Crippen LogP contribution in [-0.4, -0.2) is 57.7 Å². The molecule has 7 heteroatoms. The van der Waals surface area contributed by atoms with Crippen LogP contribution in [0.1, 0.15) is 0 Å². The summed E-state index contributed by atoms with van der Waals surface area (Å²) in [4.78, 5) is 1.90. The average molecular weight is 199 g/mol. The van der Waals surface area contributed by atoms with E-state index in [1.165, 1.54) is 0 Å². The Morgan fingerprint density at radius 2 is 2.29 bits per heavy atom. The summed E-state index contributed by atoms with van der Waals surface area (Å²) in [5, 5.41) is 20.9. The minimum atomic E-state index is -0.749. The number of aryl methyl sites for hydroxylation is 1. The maximum Gasteiger partial charge on any atom is 0.245 e. The lowest BCUT2D eigenvalue weighted by molar-refractivity contribution is -0.0511. The van der Waals surface area contributed by atoms with Gasteiger partial charge in [0.2, 0.25) is 5.95 Å². The molecule has 1 aromatic rings. The molecule has 1 fully saturated rings. The fourth-order valence-electron chi connectivity index (χ4n) is 1.66. The standard InChI is InChI=1S/C7H13N5O2/c1-11-6(8-9-10-11)12-3-7(13,4-12)5-14-2/h13H,3-5H2,1-2H3. The van der Waals surface area contributed by atoms with Gasteiger partial charge in [0.15, 0.2) is 0 Å². The van der Waals surface area contributed by atoms with Crippen molar-refractivity contribution in [2.75, 3.05) is 31.7 Å². The van der Waals surface area contributed by atoms with Gasteiger partial charge in [0.1, 0.15) is 5.60 Å². The van der Waals surface area contributed by atoms with Crippen LogP contribution in [0.3, 0.4) is 0 Å². The Hall–Kier alpha value is -1.21. The molecule has 1 aromatic heterocycles. The maximum atomic E-state index is 9.83. The van der Waals surface area contributed by atoms with Crippen LogP contribution in [0.15, 0.2) is 0 Å². The summed E-state index contributed by atoms with van der Waals surface area (Å²) < 4.78 is 6.49. The molecule has 0 spiro atoms. The van der Waals surface area contributed by atoms with Gasteiger partial charge < -0.3 is 14.7 Å². The van der Waals surface area contributed by atoms with E-state index < -0.39 is 5.60 Å². The Kier molecular flexibility index (Phi) is 2.12. The summed E-state index contributed by atoms with van der Waals surface area (Å²) >= 11 is 0. The number of hydrogen-bond acceptors (Lipinski definition) is 6. The minimum absolute atomic E-state index is 0.342. The highest BCUT2D eigenvalue weighted by Gasteiger charge is 2.43. The van der Waals surface area contributed by atoms with Gasteiger partial charge in [-0.3, -0.25) is 0 Å². The molecule has 14 heavy (non-hydrogen) atoms. The van der Waals surface area contributed by atoms with Gasteiger partial charge in [0.05, 0.1) is 19.7 Å². The van der Waals surface area contributed by atoms with Crippen LogP contribution in [0.4, 0.5) is 5.95 Å². The summed E-state index contributed by atoms with van der Waals surface area (Å²) in [6, 6.07) is 0. The lowest BCUT2D eigenvalue weighted by Crippen LogP contribution is -2.64. The van der Waals surface area contributed by atoms with Gasteiger partial charge in [-0.25, -0.2) is 4.68 Å². The number of rotatable bonds is 3. The molecular weight excluding hydrogens is 186 g/mol. The van der Waals surface area contributed by atoms with Crippen LogP contribution in [0.2, 0.25) is 0 Å². The summed E-state index contributed by atoms with van der Waals surface area (Å²) in [7, 11) is 3.34. The number of hydrogen-bond donors (Lipinski definition) is 1. The van der Waals surface area contributed by atoms with Crippen molar-refractivity contribution in [3.8, 4) is 0 Å². The first kappa shape index (κ1) is 9.35. The Morgan fingerprint density at radius 1 is 1.57 bits per heavy atom. The topological polar surface area (TPSA) is 76.3 Å². The molecule has 0 aromatic carbocycles. The van der Waals surface area contributed by atoms with Crippen molar-refractivity contribution >= 4 is 5.95 Å². The van der Waals surface area contributed by atoms with E-state index in [2.05, 4.69) is 15.5 Å². The van der Waals surface area contributed by atoms with E-state index in [9.17, 15) is 5.11 Å². The molecule has 0 amide bonds. The third-order valence-electron chi connectivity index (χ3n) is 2.26. The number of aliphatic hydroxyl groups is 1. The van der Waals surface area contributed by atoms with Crippen molar-refractivity contribution in [3.05, 3.63) is 0 Å². The molecule has 2 rings (SSSR count). The molecule has 1 aliphatic rings. The van der Waals surface area contributed by atoms with E-state index in [1.54, 1.807) is 18.8 Å². The number of tetrazole rings is 1. The van der Waals surface area contributed by atoms with E-state index in [4.69, 9.17) is 4.74 Å². The predicted molar refractivity (Wildman–Crippen MR) is 47.8 cm³/mol. The maximum absolute atomic E-state index is 9.83. The van der Waals surface area contributed by atoms with Crippen molar-refractivity contribution in [2.24, 2.45) is 7.05 Å². The monoisotopic (exact) mass is 199 g/mol. The summed E-state index contributed by atoms with van der Waals surface area (Å²) in [6.07, 6.45) is 0. The average Bonchev–Trinajstić information content (AvgIpc) is 2.47. The highest BCUT2D eigenvalue weighted by Crippen LogP contribution is 2.24. The quantitative estimate of drug-likeness (QED) is 0.632. The number of β-amino-alcohol motifs (C(OH)–C–C–N with tert-alkyl or cyclic N) is 1. The van der Waals surface area contributed by atoms with Crippen molar-refractivity contribution in [1.82, 2.24) is 20.2 Å². The van der Waals surface area contributed by atoms with E-state index in [0.29, 0.717) is 25.6 Å². The van der Waals surface area contributed by atoms with Crippen molar-refractivity contribution in [1.29, 1.82) is 0 Å². The summed E-state index contributed by atoms with van der Waals surface area (Å²) in [5.41, 5.74) is -0.749. The molecule has 78 valence electrons. The molecule has 1 aliphatic heterocycles. The van der Waals surface area contributed by atoms with Crippen LogP contribution in [0, 0.1) is 0 Å². The highest BCUT2D eigenvalue weighted by atomic mass is 16.5. The van der Waals surface area contributed by atoms with E-state index in [0.717, 1.165) is 0 Å². The first-order valence-electron chi connectivity index (χ1n) is 4.33. The molecule has 1 N–H and O–H groups in total. The third kappa shape index (κ3) is 1.44. The van der Waals surface area contributed by atoms with E-state index >= 15 is 0 Å². The van der Waals surface area contributed by atoms with Crippen LogP contribution in [0.25, 0.3) is 0 Å². The lowest BCUT2D eigenvalue weighted by Gasteiger charge is -2.45. The number of methoxy groups -OCH3 is 1. The van der Waals surface area contributed by atoms with Crippen LogP contribution in [-0.2, 0) is 11.8 Å². The normalized spacial score (nSPS) is 19.5.